The maximum atomic E-state index is 11.8. The van der Waals surface area contributed by atoms with E-state index < -0.39 is 0 Å². The predicted octanol–water partition coefficient (Wildman–Crippen LogP) is 3.22. The summed E-state index contributed by atoms with van der Waals surface area (Å²) >= 11 is 1.61. The number of thiophene rings is 1. The second kappa shape index (κ2) is 4.35. The van der Waals surface area contributed by atoms with Gasteiger partial charge in [0.15, 0.2) is 0 Å². The van der Waals surface area contributed by atoms with Crippen LogP contribution in [0, 0.1) is 12.3 Å². The number of hydrogen-bond acceptors (Lipinski definition) is 2. The molecule has 15 heavy (non-hydrogen) atoms. The first-order valence-corrected chi connectivity index (χ1v) is 6.04. The van der Waals surface area contributed by atoms with Gasteiger partial charge in [0.2, 0.25) is 0 Å². The molecule has 0 radical (unpaired) electrons. The minimum absolute atomic E-state index is 0.0294. The second-order valence-electron chi connectivity index (χ2n) is 5.01. The summed E-state index contributed by atoms with van der Waals surface area (Å²) in [6.07, 6.45) is 0. The molecule has 0 bridgehead atoms. The van der Waals surface area contributed by atoms with Crippen molar-refractivity contribution >= 4 is 17.2 Å². The van der Waals surface area contributed by atoms with Gasteiger partial charge in [-0.15, -0.1) is 11.3 Å². The maximum absolute atomic E-state index is 11.8. The van der Waals surface area contributed by atoms with Gasteiger partial charge in [-0.1, -0.05) is 20.8 Å². The lowest BCUT2D eigenvalue weighted by Gasteiger charge is -2.27. The van der Waals surface area contributed by atoms with Gasteiger partial charge in [-0.05, 0) is 25.3 Å². The lowest BCUT2D eigenvalue weighted by molar-refractivity contribution is 0.0910. The Kier molecular flexibility index (Phi) is 3.55. The predicted molar refractivity (Wildman–Crippen MR) is 65.4 cm³/mol. The summed E-state index contributed by atoms with van der Waals surface area (Å²) in [6.45, 7) is 10.4. The SMILES string of the molecule is Cc1cc(C(=O)N[C@@H](C)C(C)(C)C)cs1. The molecule has 0 fully saturated rings. The van der Waals surface area contributed by atoms with Crippen molar-refractivity contribution < 1.29 is 4.79 Å². The summed E-state index contributed by atoms with van der Waals surface area (Å²) < 4.78 is 0. The number of carbonyl (C=O) groups excluding carboxylic acids is 1. The van der Waals surface area contributed by atoms with Crippen LogP contribution in [0.15, 0.2) is 11.4 Å². The van der Waals surface area contributed by atoms with E-state index in [0.717, 1.165) is 5.56 Å². The zero-order chi connectivity index (χ0) is 11.6. The van der Waals surface area contributed by atoms with E-state index in [1.807, 2.05) is 25.3 Å². The third kappa shape index (κ3) is 3.34. The van der Waals surface area contributed by atoms with Gasteiger partial charge in [0, 0.05) is 16.3 Å². The average molecular weight is 225 g/mol. The first-order valence-electron chi connectivity index (χ1n) is 5.16. The molecule has 3 heteroatoms. The second-order valence-corrected chi connectivity index (χ2v) is 6.12. The number of nitrogens with one attached hydrogen (secondary N) is 1. The van der Waals surface area contributed by atoms with Crippen molar-refractivity contribution in [1.82, 2.24) is 5.32 Å². The molecule has 1 rings (SSSR count). The molecule has 0 aliphatic heterocycles. The summed E-state index contributed by atoms with van der Waals surface area (Å²) in [5.74, 6) is 0.0294. The summed E-state index contributed by atoms with van der Waals surface area (Å²) in [5.41, 5.74) is 0.870. The van der Waals surface area contributed by atoms with E-state index in [1.54, 1.807) is 11.3 Å². The number of aryl methyl sites for hydroxylation is 1. The van der Waals surface area contributed by atoms with Crippen LogP contribution in [0.5, 0.6) is 0 Å². The van der Waals surface area contributed by atoms with Gasteiger partial charge in [-0.2, -0.15) is 0 Å². The minimum atomic E-state index is 0.0294. The topological polar surface area (TPSA) is 29.1 Å². The van der Waals surface area contributed by atoms with Crippen molar-refractivity contribution in [3.8, 4) is 0 Å². The first kappa shape index (κ1) is 12.2. The summed E-state index contributed by atoms with van der Waals surface area (Å²) in [5, 5.41) is 4.92. The van der Waals surface area contributed by atoms with Crippen molar-refractivity contribution in [3.63, 3.8) is 0 Å². The summed E-state index contributed by atoms with van der Waals surface area (Å²) in [4.78, 5) is 13.0. The molecular formula is C12H19NOS. The molecule has 0 saturated heterocycles. The van der Waals surface area contributed by atoms with Crippen LogP contribution in [-0.2, 0) is 0 Å². The number of carbonyl (C=O) groups is 1. The van der Waals surface area contributed by atoms with Crippen LogP contribution in [0.1, 0.15) is 42.9 Å². The molecular weight excluding hydrogens is 206 g/mol. The van der Waals surface area contributed by atoms with Gasteiger partial charge < -0.3 is 5.32 Å². The van der Waals surface area contributed by atoms with E-state index in [2.05, 4.69) is 26.1 Å². The zero-order valence-corrected chi connectivity index (χ0v) is 10.9. The molecule has 1 aromatic heterocycles. The van der Waals surface area contributed by atoms with Crippen molar-refractivity contribution in [3.05, 3.63) is 21.9 Å². The van der Waals surface area contributed by atoms with Crippen molar-refractivity contribution in [2.24, 2.45) is 5.41 Å². The Hall–Kier alpha value is -0.830. The van der Waals surface area contributed by atoms with Gasteiger partial charge in [-0.25, -0.2) is 0 Å². The van der Waals surface area contributed by atoms with Gasteiger partial charge >= 0.3 is 0 Å². The smallest absolute Gasteiger partial charge is 0.252 e. The van der Waals surface area contributed by atoms with E-state index in [0.29, 0.717) is 0 Å². The number of rotatable bonds is 2. The van der Waals surface area contributed by atoms with Crippen molar-refractivity contribution in [2.45, 2.75) is 40.7 Å². The molecule has 0 aliphatic rings. The fraction of sp³-hybridized carbons (Fsp3) is 0.583. The van der Waals surface area contributed by atoms with Crippen molar-refractivity contribution in [1.29, 1.82) is 0 Å². The molecule has 0 spiro atoms. The highest BCUT2D eigenvalue weighted by Crippen LogP contribution is 2.19. The molecule has 0 saturated carbocycles. The van der Waals surface area contributed by atoms with Crippen LogP contribution in [0.25, 0.3) is 0 Å². The molecule has 2 nitrogen and oxygen atoms in total. The Balaban J connectivity index is 2.64. The highest BCUT2D eigenvalue weighted by molar-refractivity contribution is 7.10. The van der Waals surface area contributed by atoms with Gasteiger partial charge in [0.25, 0.3) is 5.91 Å². The Morgan fingerprint density at radius 1 is 1.47 bits per heavy atom. The normalized spacial score (nSPS) is 13.7. The molecule has 0 aromatic carbocycles. The Bertz CT molecular complexity index is 349. The molecule has 1 amide bonds. The van der Waals surface area contributed by atoms with E-state index in [9.17, 15) is 4.79 Å². The fourth-order valence-electron chi connectivity index (χ4n) is 1.06. The standard InChI is InChI=1S/C12H19NOS/c1-8-6-10(7-15-8)11(14)13-9(2)12(3,4)5/h6-7,9H,1-5H3,(H,13,14)/t9-/m0/s1. The fourth-order valence-corrected chi connectivity index (χ4v) is 1.74. The number of hydrogen-bond donors (Lipinski definition) is 1. The van der Waals surface area contributed by atoms with Gasteiger partial charge in [0.1, 0.15) is 0 Å². The van der Waals surface area contributed by atoms with E-state index >= 15 is 0 Å². The lowest BCUT2D eigenvalue weighted by atomic mass is 9.88. The highest BCUT2D eigenvalue weighted by atomic mass is 32.1. The summed E-state index contributed by atoms with van der Waals surface area (Å²) in [7, 11) is 0. The number of amides is 1. The largest absolute Gasteiger partial charge is 0.349 e. The summed E-state index contributed by atoms with van der Waals surface area (Å²) in [6, 6.07) is 2.10. The average Bonchev–Trinajstić information content (AvgIpc) is 2.50. The Labute approximate surface area is 95.7 Å². The maximum Gasteiger partial charge on any atom is 0.252 e. The van der Waals surface area contributed by atoms with Crippen LogP contribution in [0.3, 0.4) is 0 Å². The molecule has 1 N–H and O–H groups in total. The third-order valence-electron chi connectivity index (χ3n) is 2.64. The molecule has 1 heterocycles. The molecule has 84 valence electrons. The van der Waals surface area contributed by atoms with Crippen LogP contribution in [0.4, 0.5) is 0 Å². The van der Waals surface area contributed by atoms with Crippen LogP contribution >= 0.6 is 11.3 Å². The first-order chi connectivity index (χ1) is 6.80. The van der Waals surface area contributed by atoms with Crippen LogP contribution in [0.2, 0.25) is 0 Å². The Morgan fingerprint density at radius 3 is 2.47 bits per heavy atom. The molecule has 0 unspecified atom stereocenters. The zero-order valence-electron chi connectivity index (χ0n) is 10.0. The molecule has 0 aliphatic carbocycles. The third-order valence-corrected chi connectivity index (χ3v) is 3.50. The molecule has 1 aromatic rings. The van der Waals surface area contributed by atoms with Gasteiger partial charge in [-0.3, -0.25) is 4.79 Å². The van der Waals surface area contributed by atoms with Crippen LogP contribution < -0.4 is 5.32 Å². The molecule has 1 atom stereocenters. The highest BCUT2D eigenvalue weighted by Gasteiger charge is 2.22. The van der Waals surface area contributed by atoms with Gasteiger partial charge in [0.05, 0.1) is 5.56 Å². The van der Waals surface area contributed by atoms with E-state index in [4.69, 9.17) is 0 Å². The van der Waals surface area contributed by atoms with Crippen molar-refractivity contribution in [2.75, 3.05) is 0 Å². The van der Waals surface area contributed by atoms with E-state index in [-0.39, 0.29) is 17.4 Å². The van der Waals surface area contributed by atoms with Crippen LogP contribution in [-0.4, -0.2) is 11.9 Å². The van der Waals surface area contributed by atoms with E-state index in [1.165, 1.54) is 4.88 Å². The minimum Gasteiger partial charge on any atom is -0.349 e. The quantitative estimate of drug-likeness (QED) is 0.822. The lowest BCUT2D eigenvalue weighted by Crippen LogP contribution is -2.41. The monoisotopic (exact) mass is 225 g/mol. The Morgan fingerprint density at radius 2 is 2.07 bits per heavy atom.